The van der Waals surface area contributed by atoms with E-state index in [1.54, 1.807) is 11.9 Å². The van der Waals surface area contributed by atoms with Gasteiger partial charge in [0.25, 0.3) is 0 Å². The Balaban J connectivity index is 1.64. The van der Waals surface area contributed by atoms with Crippen molar-refractivity contribution in [2.24, 2.45) is 0 Å². The van der Waals surface area contributed by atoms with Crippen LogP contribution in [0.5, 0.6) is 0 Å². The first-order chi connectivity index (χ1) is 11.2. The number of carbonyl (C=O) groups is 1. The zero-order valence-corrected chi connectivity index (χ0v) is 13.5. The van der Waals surface area contributed by atoms with Crippen LogP contribution in [0.4, 0.5) is 10.5 Å². The number of benzene rings is 2. The topological polar surface area (TPSA) is 48.1 Å². The summed E-state index contributed by atoms with van der Waals surface area (Å²) in [6.45, 7) is 2.72. The number of hydrogen-bond donors (Lipinski definition) is 2. The Kier molecular flexibility index (Phi) is 4.33. The van der Waals surface area contributed by atoms with E-state index < -0.39 is 0 Å². The fraction of sp³-hybridized carbons (Fsp3) is 0.211. The van der Waals surface area contributed by atoms with Crippen LogP contribution < -0.4 is 5.32 Å². The Bertz CT molecular complexity index is 805. The van der Waals surface area contributed by atoms with Gasteiger partial charge in [0.15, 0.2) is 0 Å². The van der Waals surface area contributed by atoms with Gasteiger partial charge in [-0.05, 0) is 41.8 Å². The molecule has 0 bridgehead atoms. The molecule has 2 amide bonds. The predicted octanol–water partition coefficient (Wildman–Crippen LogP) is 4.39. The van der Waals surface area contributed by atoms with Crippen molar-refractivity contribution in [3.63, 3.8) is 0 Å². The van der Waals surface area contributed by atoms with Crippen molar-refractivity contribution < 1.29 is 4.79 Å². The Labute approximate surface area is 136 Å². The monoisotopic (exact) mass is 307 g/mol. The molecular formula is C19H21N3O. The highest BCUT2D eigenvalue weighted by atomic mass is 16.2. The number of urea groups is 1. The van der Waals surface area contributed by atoms with Gasteiger partial charge in [-0.2, -0.15) is 0 Å². The van der Waals surface area contributed by atoms with Gasteiger partial charge in [0, 0.05) is 36.4 Å². The second kappa shape index (κ2) is 6.57. The highest BCUT2D eigenvalue weighted by molar-refractivity contribution is 5.92. The van der Waals surface area contributed by atoms with E-state index in [1.165, 1.54) is 5.56 Å². The fourth-order valence-corrected chi connectivity index (χ4v) is 2.58. The first-order valence-corrected chi connectivity index (χ1v) is 7.83. The van der Waals surface area contributed by atoms with Gasteiger partial charge in [-0.15, -0.1) is 0 Å². The number of carbonyl (C=O) groups excluding carboxylic acids is 1. The minimum Gasteiger partial charge on any atom is -0.361 e. The van der Waals surface area contributed by atoms with E-state index in [9.17, 15) is 4.79 Å². The van der Waals surface area contributed by atoms with Crippen molar-refractivity contribution in [1.29, 1.82) is 0 Å². The molecule has 4 heteroatoms. The molecule has 0 fully saturated rings. The second-order valence-electron chi connectivity index (χ2n) is 5.74. The SMILES string of the molecule is CCc1ccc(CN(C)C(=O)Nc2ccc3[nH]ccc3c2)cc1. The number of aromatic nitrogens is 1. The maximum absolute atomic E-state index is 12.3. The Morgan fingerprint density at radius 1 is 1.09 bits per heavy atom. The number of amides is 2. The zero-order chi connectivity index (χ0) is 16.2. The van der Waals surface area contributed by atoms with Crippen LogP contribution in [0.2, 0.25) is 0 Å². The van der Waals surface area contributed by atoms with E-state index in [4.69, 9.17) is 0 Å². The lowest BCUT2D eigenvalue weighted by Gasteiger charge is -2.18. The summed E-state index contributed by atoms with van der Waals surface area (Å²) in [6.07, 6.45) is 2.92. The third-order valence-corrected chi connectivity index (χ3v) is 4.00. The van der Waals surface area contributed by atoms with Gasteiger partial charge in [-0.3, -0.25) is 0 Å². The van der Waals surface area contributed by atoms with Crippen LogP contribution in [-0.4, -0.2) is 23.0 Å². The number of fused-ring (bicyclic) bond motifs is 1. The highest BCUT2D eigenvalue weighted by Gasteiger charge is 2.10. The summed E-state index contributed by atoms with van der Waals surface area (Å²) < 4.78 is 0. The molecule has 0 unspecified atom stereocenters. The summed E-state index contributed by atoms with van der Waals surface area (Å²) in [6, 6.07) is 16.1. The summed E-state index contributed by atoms with van der Waals surface area (Å²) in [5, 5.41) is 4.02. The van der Waals surface area contributed by atoms with Gasteiger partial charge in [-0.25, -0.2) is 4.79 Å². The minimum absolute atomic E-state index is 0.112. The molecule has 3 aromatic rings. The lowest BCUT2D eigenvalue weighted by molar-refractivity contribution is 0.220. The molecule has 0 saturated heterocycles. The largest absolute Gasteiger partial charge is 0.361 e. The number of anilines is 1. The van der Waals surface area contributed by atoms with Crippen molar-refractivity contribution in [3.05, 3.63) is 65.9 Å². The Morgan fingerprint density at radius 2 is 1.83 bits per heavy atom. The van der Waals surface area contributed by atoms with E-state index in [-0.39, 0.29) is 6.03 Å². The van der Waals surface area contributed by atoms with E-state index in [2.05, 4.69) is 41.5 Å². The van der Waals surface area contributed by atoms with Gasteiger partial charge in [0.2, 0.25) is 0 Å². The molecule has 0 radical (unpaired) electrons. The highest BCUT2D eigenvalue weighted by Crippen LogP contribution is 2.18. The van der Waals surface area contributed by atoms with Crippen molar-refractivity contribution >= 4 is 22.6 Å². The smallest absolute Gasteiger partial charge is 0.321 e. The average Bonchev–Trinajstić information content (AvgIpc) is 3.03. The molecule has 0 spiro atoms. The lowest BCUT2D eigenvalue weighted by atomic mass is 10.1. The normalized spacial score (nSPS) is 10.7. The number of hydrogen-bond acceptors (Lipinski definition) is 1. The van der Waals surface area contributed by atoms with E-state index >= 15 is 0 Å². The minimum atomic E-state index is -0.112. The summed E-state index contributed by atoms with van der Waals surface area (Å²) >= 11 is 0. The van der Waals surface area contributed by atoms with Crippen LogP contribution in [0.1, 0.15) is 18.1 Å². The van der Waals surface area contributed by atoms with Crippen molar-refractivity contribution in [2.45, 2.75) is 19.9 Å². The number of nitrogens with one attached hydrogen (secondary N) is 2. The van der Waals surface area contributed by atoms with Crippen LogP contribution in [0.15, 0.2) is 54.7 Å². The van der Waals surface area contributed by atoms with Crippen molar-refractivity contribution in [3.8, 4) is 0 Å². The molecule has 1 aromatic heterocycles. The molecule has 1 heterocycles. The summed E-state index contributed by atoms with van der Waals surface area (Å²) in [5.41, 5.74) is 4.30. The number of aryl methyl sites for hydroxylation is 1. The first kappa shape index (κ1) is 15.2. The van der Waals surface area contributed by atoms with Gasteiger partial charge in [0.05, 0.1) is 0 Å². The molecule has 0 aliphatic rings. The summed E-state index contributed by atoms with van der Waals surface area (Å²) in [5.74, 6) is 0. The Hall–Kier alpha value is -2.75. The molecule has 0 aliphatic heterocycles. The van der Waals surface area contributed by atoms with Crippen LogP contribution in [0.3, 0.4) is 0 Å². The molecule has 23 heavy (non-hydrogen) atoms. The second-order valence-corrected chi connectivity index (χ2v) is 5.74. The maximum atomic E-state index is 12.3. The number of aromatic amines is 1. The van der Waals surface area contributed by atoms with E-state index in [1.807, 2.05) is 30.5 Å². The van der Waals surface area contributed by atoms with Gasteiger partial charge in [-0.1, -0.05) is 31.2 Å². The van der Waals surface area contributed by atoms with Crippen molar-refractivity contribution in [2.75, 3.05) is 12.4 Å². The molecule has 2 aromatic carbocycles. The average molecular weight is 307 g/mol. The predicted molar refractivity (Wildman–Crippen MR) is 94.6 cm³/mol. The van der Waals surface area contributed by atoms with Gasteiger partial charge >= 0.3 is 6.03 Å². The standard InChI is InChI=1S/C19H21N3O/c1-3-14-4-6-15(7-5-14)13-22(2)19(23)21-17-8-9-18-16(12-17)10-11-20-18/h4-12,20H,3,13H2,1-2H3,(H,21,23). The number of nitrogens with zero attached hydrogens (tertiary/aromatic N) is 1. The fourth-order valence-electron chi connectivity index (χ4n) is 2.58. The van der Waals surface area contributed by atoms with E-state index in [0.717, 1.165) is 28.6 Å². The summed E-state index contributed by atoms with van der Waals surface area (Å²) in [7, 11) is 1.80. The van der Waals surface area contributed by atoms with Crippen molar-refractivity contribution in [1.82, 2.24) is 9.88 Å². The number of rotatable bonds is 4. The molecule has 118 valence electrons. The molecule has 4 nitrogen and oxygen atoms in total. The molecule has 0 aliphatic carbocycles. The maximum Gasteiger partial charge on any atom is 0.321 e. The molecule has 2 N–H and O–H groups in total. The third-order valence-electron chi connectivity index (χ3n) is 4.00. The zero-order valence-electron chi connectivity index (χ0n) is 13.5. The van der Waals surface area contributed by atoms with Gasteiger partial charge in [0.1, 0.15) is 0 Å². The molecule has 0 atom stereocenters. The number of H-pyrrole nitrogens is 1. The molecule has 0 saturated carbocycles. The quantitative estimate of drug-likeness (QED) is 0.737. The van der Waals surface area contributed by atoms with Crippen LogP contribution in [0, 0.1) is 0 Å². The molecule has 3 rings (SSSR count). The van der Waals surface area contributed by atoms with Crippen LogP contribution in [0.25, 0.3) is 10.9 Å². The summed E-state index contributed by atoms with van der Waals surface area (Å²) in [4.78, 5) is 17.1. The molecular weight excluding hydrogens is 286 g/mol. The van der Waals surface area contributed by atoms with Gasteiger partial charge < -0.3 is 15.2 Å². The first-order valence-electron chi connectivity index (χ1n) is 7.83. The lowest BCUT2D eigenvalue weighted by Crippen LogP contribution is -2.30. The third kappa shape index (κ3) is 3.54. The van der Waals surface area contributed by atoms with Crippen LogP contribution >= 0.6 is 0 Å². The van der Waals surface area contributed by atoms with E-state index in [0.29, 0.717) is 6.54 Å². The Morgan fingerprint density at radius 3 is 2.57 bits per heavy atom. The van der Waals surface area contributed by atoms with Crippen LogP contribution in [-0.2, 0) is 13.0 Å².